The van der Waals surface area contributed by atoms with Gasteiger partial charge in [-0.3, -0.25) is 0 Å². The molecule has 0 saturated carbocycles. The predicted octanol–water partition coefficient (Wildman–Crippen LogP) is 1.22. The van der Waals surface area contributed by atoms with Gasteiger partial charge in [-0.25, -0.2) is 8.42 Å². The first-order valence-electron chi connectivity index (χ1n) is 5.27. The number of hydrogen-bond acceptors (Lipinski definition) is 3. The summed E-state index contributed by atoms with van der Waals surface area (Å²) in [5.41, 5.74) is 9.30. The highest BCUT2D eigenvalue weighted by Crippen LogP contribution is 2.12. The van der Waals surface area contributed by atoms with E-state index >= 15 is 0 Å². The molecule has 0 aliphatic heterocycles. The molecule has 0 heterocycles. The summed E-state index contributed by atoms with van der Waals surface area (Å²) in [4.78, 5) is 0. The lowest BCUT2D eigenvalue weighted by atomic mass is 10.00. The van der Waals surface area contributed by atoms with Gasteiger partial charge in [0, 0.05) is 12.3 Å². The van der Waals surface area contributed by atoms with Gasteiger partial charge in [-0.05, 0) is 31.4 Å². The summed E-state index contributed by atoms with van der Waals surface area (Å²) >= 11 is 0. The van der Waals surface area contributed by atoms with E-state index in [4.69, 9.17) is 5.73 Å². The molecular formula is C12H19NO2S. The number of aryl methyl sites for hydroxylation is 2. The van der Waals surface area contributed by atoms with Gasteiger partial charge in [0.1, 0.15) is 9.84 Å². The van der Waals surface area contributed by atoms with Crippen molar-refractivity contribution in [2.24, 2.45) is 5.73 Å². The molecule has 3 nitrogen and oxygen atoms in total. The fourth-order valence-corrected chi connectivity index (χ4v) is 2.65. The van der Waals surface area contributed by atoms with Crippen LogP contribution >= 0.6 is 0 Å². The Hall–Kier alpha value is -0.870. The van der Waals surface area contributed by atoms with Crippen molar-refractivity contribution in [3.05, 3.63) is 34.9 Å². The van der Waals surface area contributed by atoms with Crippen LogP contribution in [0, 0.1) is 13.8 Å². The first kappa shape index (κ1) is 13.2. The molecule has 90 valence electrons. The van der Waals surface area contributed by atoms with Crippen LogP contribution in [-0.2, 0) is 16.3 Å². The Morgan fingerprint density at radius 2 is 1.94 bits per heavy atom. The molecule has 0 bridgehead atoms. The Bertz CT molecular complexity index is 466. The van der Waals surface area contributed by atoms with E-state index in [0.29, 0.717) is 6.42 Å². The van der Waals surface area contributed by atoms with Crippen LogP contribution < -0.4 is 5.73 Å². The zero-order valence-corrected chi connectivity index (χ0v) is 10.8. The summed E-state index contributed by atoms with van der Waals surface area (Å²) in [6.45, 7) is 4.03. The van der Waals surface area contributed by atoms with Crippen molar-refractivity contribution < 1.29 is 8.42 Å². The average Bonchev–Trinajstić information content (AvgIpc) is 2.08. The van der Waals surface area contributed by atoms with E-state index in [1.54, 1.807) is 0 Å². The molecule has 0 aliphatic carbocycles. The van der Waals surface area contributed by atoms with Gasteiger partial charge in [-0.15, -0.1) is 0 Å². The smallest absolute Gasteiger partial charge is 0.148 e. The molecule has 1 aromatic rings. The maximum atomic E-state index is 11.1. The molecule has 0 saturated heterocycles. The van der Waals surface area contributed by atoms with Crippen molar-refractivity contribution in [3.63, 3.8) is 0 Å². The summed E-state index contributed by atoms with van der Waals surface area (Å²) < 4.78 is 22.2. The number of rotatable bonds is 4. The van der Waals surface area contributed by atoms with Crippen LogP contribution in [0.4, 0.5) is 0 Å². The van der Waals surface area contributed by atoms with Gasteiger partial charge in [-0.1, -0.05) is 23.8 Å². The molecule has 2 N–H and O–H groups in total. The predicted molar refractivity (Wildman–Crippen MR) is 67.3 cm³/mol. The third-order valence-electron chi connectivity index (χ3n) is 2.50. The van der Waals surface area contributed by atoms with Gasteiger partial charge in [0.15, 0.2) is 0 Å². The topological polar surface area (TPSA) is 60.2 Å². The first-order chi connectivity index (χ1) is 7.28. The standard InChI is InChI=1S/C12H19NO2S/c1-9-4-5-10(2)11(6-9)7-12(13)8-16(3,14)15/h4-6,12H,7-8,13H2,1-3H3. The van der Waals surface area contributed by atoms with Gasteiger partial charge in [-0.2, -0.15) is 0 Å². The van der Waals surface area contributed by atoms with E-state index in [2.05, 4.69) is 6.07 Å². The van der Waals surface area contributed by atoms with Crippen molar-refractivity contribution in [1.29, 1.82) is 0 Å². The first-order valence-corrected chi connectivity index (χ1v) is 7.33. The van der Waals surface area contributed by atoms with Crippen molar-refractivity contribution in [3.8, 4) is 0 Å². The Morgan fingerprint density at radius 3 is 2.50 bits per heavy atom. The fourth-order valence-electron chi connectivity index (χ4n) is 1.75. The highest BCUT2D eigenvalue weighted by Gasteiger charge is 2.12. The molecule has 0 aromatic heterocycles. The quantitative estimate of drug-likeness (QED) is 0.862. The third-order valence-corrected chi connectivity index (χ3v) is 3.54. The van der Waals surface area contributed by atoms with E-state index in [1.165, 1.54) is 11.8 Å². The Kier molecular flexibility index (Phi) is 4.10. The lowest BCUT2D eigenvalue weighted by Crippen LogP contribution is -2.31. The number of sulfone groups is 1. The number of nitrogens with two attached hydrogens (primary N) is 1. The van der Waals surface area contributed by atoms with Gasteiger partial charge in [0.2, 0.25) is 0 Å². The Labute approximate surface area is 97.6 Å². The lowest BCUT2D eigenvalue weighted by molar-refractivity contribution is 0.591. The summed E-state index contributed by atoms with van der Waals surface area (Å²) in [5, 5.41) is 0. The van der Waals surface area contributed by atoms with E-state index in [0.717, 1.165) is 11.1 Å². The molecule has 1 atom stereocenters. The largest absolute Gasteiger partial charge is 0.326 e. The molecule has 4 heteroatoms. The highest BCUT2D eigenvalue weighted by atomic mass is 32.2. The molecule has 16 heavy (non-hydrogen) atoms. The summed E-state index contributed by atoms with van der Waals surface area (Å²) in [6, 6.07) is 5.83. The molecule has 1 aromatic carbocycles. The molecule has 0 fully saturated rings. The lowest BCUT2D eigenvalue weighted by Gasteiger charge is -2.13. The molecule has 0 aliphatic rings. The second kappa shape index (κ2) is 4.97. The molecule has 0 amide bonds. The Morgan fingerprint density at radius 1 is 1.31 bits per heavy atom. The van der Waals surface area contributed by atoms with Crippen LogP contribution in [0.2, 0.25) is 0 Å². The van der Waals surface area contributed by atoms with Crippen molar-refractivity contribution in [2.45, 2.75) is 26.3 Å². The van der Waals surface area contributed by atoms with Gasteiger partial charge in [0.25, 0.3) is 0 Å². The van der Waals surface area contributed by atoms with Crippen LogP contribution in [0.1, 0.15) is 16.7 Å². The van der Waals surface area contributed by atoms with Crippen molar-refractivity contribution >= 4 is 9.84 Å². The van der Waals surface area contributed by atoms with Crippen LogP contribution in [0.25, 0.3) is 0 Å². The fraction of sp³-hybridized carbons (Fsp3) is 0.500. The van der Waals surface area contributed by atoms with Gasteiger partial charge >= 0.3 is 0 Å². The summed E-state index contributed by atoms with van der Waals surface area (Å²) in [7, 11) is -2.99. The summed E-state index contributed by atoms with van der Waals surface area (Å²) in [6.07, 6.45) is 1.83. The zero-order chi connectivity index (χ0) is 12.3. The zero-order valence-electron chi connectivity index (χ0n) is 10.0. The SMILES string of the molecule is Cc1ccc(C)c(CC(N)CS(C)(=O)=O)c1. The second-order valence-electron chi connectivity index (χ2n) is 4.49. The van der Waals surface area contributed by atoms with E-state index < -0.39 is 9.84 Å². The van der Waals surface area contributed by atoms with Crippen LogP contribution in [0.5, 0.6) is 0 Å². The Balaban J connectivity index is 2.77. The van der Waals surface area contributed by atoms with Crippen LogP contribution in [0.15, 0.2) is 18.2 Å². The van der Waals surface area contributed by atoms with E-state index in [9.17, 15) is 8.42 Å². The minimum absolute atomic E-state index is 0.0420. The van der Waals surface area contributed by atoms with E-state index in [-0.39, 0.29) is 11.8 Å². The number of hydrogen-bond donors (Lipinski definition) is 1. The molecule has 1 unspecified atom stereocenters. The summed E-state index contributed by atoms with van der Waals surface area (Å²) in [5.74, 6) is 0.0420. The third kappa shape index (κ3) is 4.33. The minimum Gasteiger partial charge on any atom is -0.326 e. The number of benzene rings is 1. The highest BCUT2D eigenvalue weighted by molar-refractivity contribution is 7.90. The van der Waals surface area contributed by atoms with Gasteiger partial charge < -0.3 is 5.73 Å². The molecule has 1 rings (SSSR count). The second-order valence-corrected chi connectivity index (χ2v) is 6.67. The van der Waals surface area contributed by atoms with E-state index in [1.807, 2.05) is 26.0 Å². The molecule has 0 radical (unpaired) electrons. The maximum Gasteiger partial charge on any atom is 0.148 e. The van der Waals surface area contributed by atoms with Crippen molar-refractivity contribution in [2.75, 3.05) is 12.0 Å². The van der Waals surface area contributed by atoms with Gasteiger partial charge in [0.05, 0.1) is 5.75 Å². The van der Waals surface area contributed by atoms with Crippen LogP contribution in [-0.4, -0.2) is 26.5 Å². The monoisotopic (exact) mass is 241 g/mol. The maximum absolute atomic E-state index is 11.1. The minimum atomic E-state index is -2.99. The average molecular weight is 241 g/mol. The normalized spacial score (nSPS) is 13.8. The van der Waals surface area contributed by atoms with Crippen molar-refractivity contribution in [1.82, 2.24) is 0 Å². The molecule has 0 spiro atoms. The van der Waals surface area contributed by atoms with Crippen LogP contribution in [0.3, 0.4) is 0 Å². The molecular weight excluding hydrogens is 222 g/mol.